The van der Waals surface area contributed by atoms with Crippen molar-refractivity contribution < 1.29 is 10.2 Å². The molecule has 0 spiro atoms. The molecule has 7 nitrogen and oxygen atoms in total. The number of hydrogen-bond acceptors (Lipinski definition) is 7. The topological polar surface area (TPSA) is 85.6 Å². The molecule has 4 heterocycles. The lowest BCUT2D eigenvalue weighted by molar-refractivity contribution is 0.00736. The molecular formula is C20H27N5O2. The zero-order valence-corrected chi connectivity index (χ0v) is 15.8. The van der Waals surface area contributed by atoms with E-state index >= 15 is 0 Å². The largest absolute Gasteiger partial charge is 0.391 e. The van der Waals surface area contributed by atoms with Crippen molar-refractivity contribution in [3.05, 3.63) is 41.9 Å². The first-order valence-electron chi connectivity index (χ1n) is 9.70. The second-order valence-corrected chi connectivity index (χ2v) is 7.70. The van der Waals surface area contributed by atoms with Gasteiger partial charge in [0, 0.05) is 38.6 Å². The molecule has 0 bridgehead atoms. The van der Waals surface area contributed by atoms with Crippen molar-refractivity contribution in [1.29, 1.82) is 0 Å². The summed E-state index contributed by atoms with van der Waals surface area (Å²) in [4.78, 5) is 17.8. The zero-order chi connectivity index (χ0) is 18.9. The number of β-amino-alcohol motifs (C(OH)–C–C–N with tert-alkyl or cyclic N) is 1. The third-order valence-electron chi connectivity index (χ3n) is 5.61. The van der Waals surface area contributed by atoms with E-state index in [0.717, 1.165) is 36.5 Å². The highest BCUT2D eigenvalue weighted by atomic mass is 16.3. The smallest absolute Gasteiger partial charge is 0.227 e. The Balaban J connectivity index is 1.45. The van der Waals surface area contributed by atoms with Crippen LogP contribution in [0.4, 0.5) is 11.8 Å². The molecule has 2 aliphatic rings. The average molecular weight is 369 g/mol. The minimum absolute atomic E-state index is 0.288. The van der Waals surface area contributed by atoms with Crippen molar-refractivity contribution in [1.82, 2.24) is 15.0 Å². The van der Waals surface area contributed by atoms with Gasteiger partial charge in [-0.1, -0.05) is 6.07 Å². The molecule has 2 fully saturated rings. The van der Waals surface area contributed by atoms with Crippen molar-refractivity contribution in [3.63, 3.8) is 0 Å². The fraction of sp³-hybridized carbons (Fsp3) is 0.550. The number of aryl methyl sites for hydroxylation is 1. The summed E-state index contributed by atoms with van der Waals surface area (Å²) in [7, 11) is 0. The molecule has 2 N–H and O–H groups in total. The van der Waals surface area contributed by atoms with Crippen LogP contribution < -0.4 is 9.80 Å². The second kappa shape index (κ2) is 7.40. The summed E-state index contributed by atoms with van der Waals surface area (Å²) in [6, 6.07) is 5.81. The van der Waals surface area contributed by atoms with E-state index in [9.17, 15) is 10.2 Å². The van der Waals surface area contributed by atoms with Gasteiger partial charge in [-0.2, -0.15) is 4.98 Å². The van der Waals surface area contributed by atoms with Gasteiger partial charge < -0.3 is 20.0 Å². The van der Waals surface area contributed by atoms with Crippen LogP contribution in [0, 0.1) is 6.92 Å². The third kappa shape index (κ3) is 3.89. The van der Waals surface area contributed by atoms with E-state index < -0.39 is 5.60 Å². The number of aliphatic hydroxyl groups excluding tert-OH is 1. The maximum atomic E-state index is 11.0. The lowest BCUT2D eigenvalue weighted by Gasteiger charge is -2.38. The van der Waals surface area contributed by atoms with Gasteiger partial charge in [0.05, 0.1) is 11.8 Å². The molecule has 0 saturated carbocycles. The summed E-state index contributed by atoms with van der Waals surface area (Å²) in [5.74, 6) is 1.55. The lowest BCUT2D eigenvalue weighted by Crippen LogP contribution is -2.44. The van der Waals surface area contributed by atoms with Crippen LogP contribution in [0.15, 0.2) is 30.6 Å². The highest BCUT2D eigenvalue weighted by molar-refractivity contribution is 5.44. The predicted octanol–water partition coefficient (Wildman–Crippen LogP) is 1.63. The van der Waals surface area contributed by atoms with E-state index in [-0.39, 0.29) is 6.10 Å². The first-order valence-corrected chi connectivity index (χ1v) is 9.70. The fourth-order valence-corrected chi connectivity index (χ4v) is 3.91. The molecule has 2 aliphatic heterocycles. The molecule has 27 heavy (non-hydrogen) atoms. The summed E-state index contributed by atoms with van der Waals surface area (Å²) in [5, 5.41) is 20.9. The first-order chi connectivity index (χ1) is 13.0. The van der Waals surface area contributed by atoms with E-state index in [2.05, 4.69) is 19.8 Å². The predicted molar refractivity (Wildman–Crippen MR) is 104 cm³/mol. The molecule has 2 saturated heterocycles. The highest BCUT2D eigenvalue weighted by Gasteiger charge is 2.36. The van der Waals surface area contributed by atoms with Crippen molar-refractivity contribution in [3.8, 4) is 0 Å². The molecule has 0 radical (unpaired) electrons. The van der Waals surface area contributed by atoms with Gasteiger partial charge in [0.15, 0.2) is 0 Å². The normalized spacial score (nSPS) is 22.7. The van der Waals surface area contributed by atoms with Crippen LogP contribution in [0.5, 0.6) is 0 Å². The number of pyridine rings is 1. The van der Waals surface area contributed by atoms with Crippen molar-refractivity contribution in [2.24, 2.45) is 0 Å². The van der Waals surface area contributed by atoms with Gasteiger partial charge in [-0.3, -0.25) is 4.98 Å². The molecule has 0 unspecified atom stereocenters. The van der Waals surface area contributed by atoms with Crippen molar-refractivity contribution in [2.75, 3.05) is 36.0 Å². The molecule has 144 valence electrons. The quantitative estimate of drug-likeness (QED) is 0.850. The van der Waals surface area contributed by atoms with E-state index in [1.807, 2.05) is 25.1 Å². The van der Waals surface area contributed by atoms with Crippen LogP contribution in [0.2, 0.25) is 0 Å². The Kier molecular flexibility index (Phi) is 4.97. The minimum atomic E-state index is -0.890. The number of aromatic nitrogens is 3. The van der Waals surface area contributed by atoms with Gasteiger partial charge >= 0.3 is 0 Å². The Morgan fingerprint density at radius 3 is 2.59 bits per heavy atom. The van der Waals surface area contributed by atoms with Gasteiger partial charge in [-0.05, 0) is 50.3 Å². The van der Waals surface area contributed by atoms with Crippen LogP contribution >= 0.6 is 0 Å². The maximum absolute atomic E-state index is 11.0. The van der Waals surface area contributed by atoms with E-state index in [0.29, 0.717) is 38.4 Å². The van der Waals surface area contributed by atoms with Crippen LogP contribution in [0.1, 0.15) is 36.9 Å². The molecule has 4 rings (SSSR count). The van der Waals surface area contributed by atoms with E-state index in [4.69, 9.17) is 4.98 Å². The average Bonchev–Trinajstić information content (AvgIpc) is 2.69. The summed E-state index contributed by atoms with van der Waals surface area (Å²) in [6.45, 7) is 4.88. The van der Waals surface area contributed by atoms with Crippen LogP contribution in [-0.2, 0) is 5.60 Å². The fourth-order valence-electron chi connectivity index (χ4n) is 3.91. The van der Waals surface area contributed by atoms with Gasteiger partial charge in [0.1, 0.15) is 11.4 Å². The molecule has 0 amide bonds. The number of rotatable bonds is 3. The number of piperidine rings is 2. The standard InChI is InChI=1S/C20H27N5O2/c1-15-4-5-17(22-13-15)20(27)7-11-24(12-8-20)19-21-9-6-18(23-19)25-10-2-3-16(26)14-25/h4-6,9,13,16,26-27H,2-3,7-8,10-12,14H2,1H3/t16-/m0/s1. The molecule has 0 aliphatic carbocycles. The van der Waals surface area contributed by atoms with Gasteiger partial charge in [0.2, 0.25) is 5.95 Å². The minimum Gasteiger partial charge on any atom is -0.391 e. The lowest BCUT2D eigenvalue weighted by atomic mass is 9.87. The molecule has 0 aromatic carbocycles. The number of anilines is 2. The molecular weight excluding hydrogens is 342 g/mol. The van der Waals surface area contributed by atoms with Crippen LogP contribution in [-0.4, -0.2) is 57.4 Å². The Hall–Kier alpha value is -2.25. The van der Waals surface area contributed by atoms with Gasteiger partial charge in [0.25, 0.3) is 0 Å². The molecule has 1 atom stereocenters. The SMILES string of the molecule is Cc1ccc(C2(O)CCN(c3nccc(N4CCC[C@H](O)C4)n3)CC2)nc1. The van der Waals surface area contributed by atoms with Crippen LogP contribution in [0.3, 0.4) is 0 Å². The summed E-state index contributed by atoms with van der Waals surface area (Å²) < 4.78 is 0. The molecule has 7 heteroatoms. The Morgan fingerprint density at radius 2 is 1.89 bits per heavy atom. The maximum Gasteiger partial charge on any atom is 0.227 e. The summed E-state index contributed by atoms with van der Waals surface area (Å²) in [6.07, 6.45) is 6.31. The number of nitrogens with zero attached hydrogens (tertiary/aromatic N) is 5. The summed E-state index contributed by atoms with van der Waals surface area (Å²) >= 11 is 0. The Labute approximate surface area is 159 Å². The monoisotopic (exact) mass is 369 g/mol. The molecule has 2 aromatic rings. The number of aliphatic hydroxyl groups is 2. The third-order valence-corrected chi connectivity index (χ3v) is 5.61. The van der Waals surface area contributed by atoms with Crippen molar-refractivity contribution in [2.45, 2.75) is 44.3 Å². The van der Waals surface area contributed by atoms with E-state index in [1.165, 1.54) is 0 Å². The Bertz CT molecular complexity index is 774. The van der Waals surface area contributed by atoms with Gasteiger partial charge in [-0.15, -0.1) is 0 Å². The van der Waals surface area contributed by atoms with E-state index in [1.54, 1.807) is 12.4 Å². The second-order valence-electron chi connectivity index (χ2n) is 7.70. The summed E-state index contributed by atoms with van der Waals surface area (Å²) in [5.41, 5.74) is 0.941. The zero-order valence-electron chi connectivity index (χ0n) is 15.8. The van der Waals surface area contributed by atoms with Crippen molar-refractivity contribution >= 4 is 11.8 Å². The highest BCUT2D eigenvalue weighted by Crippen LogP contribution is 2.33. The van der Waals surface area contributed by atoms with Crippen LogP contribution in [0.25, 0.3) is 0 Å². The first kappa shape index (κ1) is 18.1. The number of hydrogen-bond donors (Lipinski definition) is 2. The molecule has 2 aromatic heterocycles. The Morgan fingerprint density at radius 1 is 1.07 bits per heavy atom. The van der Waals surface area contributed by atoms with Gasteiger partial charge in [-0.25, -0.2) is 4.98 Å².